The summed E-state index contributed by atoms with van der Waals surface area (Å²) >= 11 is 2.00. The van der Waals surface area contributed by atoms with Gasteiger partial charge in [-0.25, -0.2) is 0 Å². The maximum atomic E-state index is 13.1. The van der Waals surface area contributed by atoms with Gasteiger partial charge in [-0.05, 0) is 29.2 Å². The largest absolute Gasteiger partial charge is 0.341 e. The third kappa shape index (κ3) is 6.89. The number of carbonyl (C=O) groups excluding carboxylic acids is 2. The van der Waals surface area contributed by atoms with Crippen LogP contribution in [0.15, 0.2) is 54.6 Å². The highest BCUT2D eigenvalue weighted by molar-refractivity contribution is 7.99. The number of benzene rings is 2. The van der Waals surface area contributed by atoms with Gasteiger partial charge in [0.1, 0.15) is 6.04 Å². The topological polar surface area (TPSA) is 61.4 Å². The molecule has 160 valence electrons. The molecule has 0 bridgehead atoms. The lowest BCUT2D eigenvalue weighted by Crippen LogP contribution is -2.37. The zero-order chi connectivity index (χ0) is 21.3. The Labute approximate surface area is 183 Å². The van der Waals surface area contributed by atoms with Gasteiger partial charge in [-0.15, -0.1) is 0 Å². The Balaban J connectivity index is 1.70. The number of nitrogens with zero attached hydrogens (tertiary/aromatic N) is 1. The Kier molecular flexibility index (Phi) is 8.34. The maximum Gasteiger partial charge on any atom is 0.251 e. The van der Waals surface area contributed by atoms with Crippen LogP contribution < -0.4 is 10.6 Å². The Morgan fingerprint density at radius 1 is 1.03 bits per heavy atom. The number of carbonyl (C=O) groups is 2. The molecular formula is C24H31N3O2S. The molecular weight excluding hydrogens is 394 g/mol. The van der Waals surface area contributed by atoms with Gasteiger partial charge in [-0.2, -0.15) is 11.8 Å². The van der Waals surface area contributed by atoms with Crippen LogP contribution in [0, 0.1) is 5.92 Å². The van der Waals surface area contributed by atoms with Crippen molar-refractivity contribution in [2.24, 2.45) is 5.92 Å². The Morgan fingerprint density at radius 2 is 1.77 bits per heavy atom. The second-order valence-electron chi connectivity index (χ2n) is 8.09. The van der Waals surface area contributed by atoms with E-state index in [0.29, 0.717) is 6.42 Å². The second-order valence-corrected chi connectivity index (χ2v) is 9.31. The molecule has 0 spiro atoms. The van der Waals surface area contributed by atoms with Gasteiger partial charge < -0.3 is 10.6 Å². The van der Waals surface area contributed by atoms with Crippen molar-refractivity contribution in [2.75, 3.05) is 29.9 Å². The first-order chi connectivity index (χ1) is 14.5. The minimum Gasteiger partial charge on any atom is -0.341 e. The molecule has 2 amide bonds. The molecule has 0 aromatic heterocycles. The van der Waals surface area contributed by atoms with Gasteiger partial charge in [-0.3, -0.25) is 14.5 Å². The third-order valence-corrected chi connectivity index (χ3v) is 5.94. The monoisotopic (exact) mass is 425 g/mol. The number of thioether (sulfide) groups is 1. The smallest absolute Gasteiger partial charge is 0.251 e. The number of hydrogen-bond acceptors (Lipinski definition) is 4. The molecule has 6 heteroatoms. The summed E-state index contributed by atoms with van der Waals surface area (Å²) in [6, 6.07) is 16.6. The van der Waals surface area contributed by atoms with Crippen molar-refractivity contribution in [1.82, 2.24) is 10.2 Å². The molecule has 1 atom stereocenters. The van der Waals surface area contributed by atoms with Crippen molar-refractivity contribution in [2.45, 2.75) is 32.9 Å². The molecule has 0 saturated carbocycles. The summed E-state index contributed by atoms with van der Waals surface area (Å²) in [5.74, 6) is 2.22. The Morgan fingerprint density at radius 3 is 2.47 bits per heavy atom. The van der Waals surface area contributed by atoms with Gasteiger partial charge in [-0.1, -0.05) is 56.3 Å². The van der Waals surface area contributed by atoms with E-state index in [2.05, 4.69) is 21.6 Å². The van der Waals surface area contributed by atoms with Crippen molar-refractivity contribution in [3.8, 4) is 0 Å². The van der Waals surface area contributed by atoms with Crippen LogP contribution in [0.1, 0.15) is 37.4 Å². The molecule has 1 aliphatic heterocycles. The van der Waals surface area contributed by atoms with E-state index < -0.39 is 6.04 Å². The van der Waals surface area contributed by atoms with Crippen LogP contribution in [0.5, 0.6) is 0 Å². The molecule has 30 heavy (non-hydrogen) atoms. The van der Waals surface area contributed by atoms with Gasteiger partial charge in [0, 0.05) is 43.2 Å². The van der Waals surface area contributed by atoms with Gasteiger partial charge in [0.15, 0.2) is 0 Å². The summed E-state index contributed by atoms with van der Waals surface area (Å²) < 4.78 is 0. The van der Waals surface area contributed by atoms with Gasteiger partial charge in [0.2, 0.25) is 5.91 Å². The molecule has 1 aliphatic rings. The van der Waals surface area contributed by atoms with Crippen molar-refractivity contribution in [1.29, 1.82) is 0 Å². The molecule has 1 unspecified atom stereocenters. The number of nitrogens with one attached hydrogen (secondary N) is 2. The average Bonchev–Trinajstić information content (AvgIpc) is 2.73. The van der Waals surface area contributed by atoms with Crippen LogP contribution >= 0.6 is 11.8 Å². The van der Waals surface area contributed by atoms with Crippen LogP contribution in [-0.4, -0.2) is 41.3 Å². The third-order valence-electron chi connectivity index (χ3n) is 5.00. The van der Waals surface area contributed by atoms with Gasteiger partial charge in [0.05, 0.1) is 0 Å². The van der Waals surface area contributed by atoms with Crippen LogP contribution in [0.2, 0.25) is 0 Å². The molecule has 1 fully saturated rings. The van der Waals surface area contributed by atoms with Crippen molar-refractivity contribution >= 4 is 29.3 Å². The number of hydrogen-bond donors (Lipinski definition) is 2. The molecule has 0 aliphatic carbocycles. The van der Waals surface area contributed by atoms with Crippen LogP contribution in [0.3, 0.4) is 0 Å². The van der Waals surface area contributed by atoms with Crippen molar-refractivity contribution in [3.05, 3.63) is 65.7 Å². The van der Waals surface area contributed by atoms with E-state index in [4.69, 9.17) is 0 Å². The first kappa shape index (κ1) is 22.4. The summed E-state index contributed by atoms with van der Waals surface area (Å²) in [5, 5.41) is 5.90. The number of rotatable bonds is 8. The molecule has 1 saturated heterocycles. The second kappa shape index (κ2) is 11.2. The quantitative estimate of drug-likeness (QED) is 0.669. The Hall–Kier alpha value is -2.31. The van der Waals surface area contributed by atoms with E-state index in [1.807, 2.05) is 74.1 Å². The SMILES string of the molecule is CC(C)CC(=O)NC(C(=O)Nc1cccc(CN2CCSCC2)c1)c1ccccc1. The van der Waals surface area contributed by atoms with Crippen LogP contribution in [0.4, 0.5) is 5.69 Å². The highest BCUT2D eigenvalue weighted by Crippen LogP contribution is 2.19. The first-order valence-corrected chi connectivity index (χ1v) is 11.7. The molecule has 2 aromatic carbocycles. The molecule has 3 rings (SSSR count). The summed E-state index contributed by atoms with van der Waals surface area (Å²) in [4.78, 5) is 27.9. The predicted molar refractivity (Wildman–Crippen MR) is 124 cm³/mol. The lowest BCUT2D eigenvalue weighted by molar-refractivity contribution is -0.127. The van der Waals surface area contributed by atoms with E-state index in [-0.39, 0.29) is 17.7 Å². The fraction of sp³-hybridized carbons (Fsp3) is 0.417. The fourth-order valence-corrected chi connectivity index (χ4v) is 4.49. The van der Waals surface area contributed by atoms with E-state index >= 15 is 0 Å². The molecule has 0 radical (unpaired) electrons. The zero-order valence-corrected chi connectivity index (χ0v) is 18.6. The average molecular weight is 426 g/mol. The summed E-state index contributed by atoms with van der Waals surface area (Å²) in [6.45, 7) is 7.06. The summed E-state index contributed by atoms with van der Waals surface area (Å²) in [5.41, 5.74) is 2.71. The van der Waals surface area contributed by atoms with Gasteiger partial charge in [0.25, 0.3) is 5.91 Å². The normalized spacial score (nSPS) is 15.6. The van der Waals surface area contributed by atoms with Gasteiger partial charge >= 0.3 is 0 Å². The Bertz CT molecular complexity index is 835. The fourth-order valence-electron chi connectivity index (χ4n) is 3.52. The van der Waals surface area contributed by atoms with E-state index in [0.717, 1.165) is 30.9 Å². The molecule has 5 nitrogen and oxygen atoms in total. The predicted octanol–water partition coefficient (Wildman–Crippen LogP) is 4.08. The van der Waals surface area contributed by atoms with E-state index in [1.165, 1.54) is 17.1 Å². The van der Waals surface area contributed by atoms with Crippen LogP contribution in [-0.2, 0) is 16.1 Å². The maximum absolute atomic E-state index is 13.1. The number of amides is 2. The first-order valence-electron chi connectivity index (χ1n) is 10.6. The summed E-state index contributed by atoms with van der Waals surface area (Å²) in [7, 11) is 0. The minimum absolute atomic E-state index is 0.120. The van der Waals surface area contributed by atoms with Crippen molar-refractivity contribution < 1.29 is 9.59 Å². The zero-order valence-electron chi connectivity index (χ0n) is 17.8. The summed E-state index contributed by atoms with van der Waals surface area (Å²) in [6.07, 6.45) is 0.389. The standard InChI is InChI=1S/C24H31N3O2S/c1-18(2)15-22(28)26-23(20-8-4-3-5-9-20)24(29)25-21-10-6-7-19(16-21)17-27-11-13-30-14-12-27/h3-10,16,18,23H,11-15,17H2,1-2H3,(H,25,29)(H,26,28). The van der Waals surface area contributed by atoms with E-state index in [9.17, 15) is 9.59 Å². The lowest BCUT2D eigenvalue weighted by atomic mass is 10.0. The minimum atomic E-state index is -0.722. The van der Waals surface area contributed by atoms with E-state index in [1.54, 1.807) is 0 Å². The number of anilines is 1. The highest BCUT2D eigenvalue weighted by atomic mass is 32.2. The molecule has 2 N–H and O–H groups in total. The van der Waals surface area contributed by atoms with Crippen LogP contribution in [0.25, 0.3) is 0 Å². The molecule has 2 aromatic rings. The highest BCUT2D eigenvalue weighted by Gasteiger charge is 2.23. The molecule has 1 heterocycles. The lowest BCUT2D eigenvalue weighted by Gasteiger charge is -2.26. The van der Waals surface area contributed by atoms with Crippen molar-refractivity contribution in [3.63, 3.8) is 0 Å².